The molecule has 0 aromatic heterocycles. The van der Waals surface area contributed by atoms with Gasteiger partial charge in [0.25, 0.3) is 0 Å². The quantitative estimate of drug-likeness (QED) is 0.547. The largest absolute Gasteiger partial charge is 0.303 e. The zero-order valence-electron chi connectivity index (χ0n) is 9.90. The Morgan fingerprint density at radius 1 is 1.00 bits per heavy atom. The predicted molar refractivity (Wildman–Crippen MR) is 72.1 cm³/mol. The molecule has 16 heavy (non-hydrogen) atoms. The molecule has 1 aliphatic rings. The Kier molecular flexibility index (Phi) is 5.23. The van der Waals surface area contributed by atoms with Gasteiger partial charge >= 0.3 is 0 Å². The van der Waals surface area contributed by atoms with Crippen LogP contribution in [-0.2, 0) is 0 Å². The third kappa shape index (κ3) is 4.18. The molecule has 1 fully saturated rings. The van der Waals surface area contributed by atoms with Gasteiger partial charge in [-0.2, -0.15) is 0 Å². The van der Waals surface area contributed by atoms with Crippen molar-refractivity contribution < 1.29 is 0 Å². The Hall–Kier alpha value is -0.470. The summed E-state index contributed by atoms with van der Waals surface area (Å²) in [6, 6.07) is 10.7. The molecule has 2 rings (SSSR count). The van der Waals surface area contributed by atoms with Crippen LogP contribution in [0.25, 0.3) is 0 Å². The molecule has 0 amide bonds. The number of nitrogens with zero attached hydrogens (tertiary/aromatic N) is 1. The van der Waals surface area contributed by atoms with Crippen molar-refractivity contribution in [3.05, 3.63) is 30.3 Å². The molecule has 0 unspecified atom stereocenters. The predicted octanol–water partition coefficient (Wildman–Crippen LogP) is 3.65. The van der Waals surface area contributed by atoms with Gasteiger partial charge in [0.05, 0.1) is 0 Å². The molecule has 88 valence electrons. The van der Waals surface area contributed by atoms with Crippen LogP contribution in [-0.4, -0.2) is 30.3 Å². The maximum atomic E-state index is 2.60. The van der Waals surface area contributed by atoms with E-state index in [1.54, 1.807) is 0 Å². The Labute approximate surface area is 103 Å². The molecule has 0 radical (unpaired) electrons. The fourth-order valence-electron chi connectivity index (χ4n) is 2.15. The van der Waals surface area contributed by atoms with Crippen LogP contribution in [0.2, 0.25) is 0 Å². The Bertz CT molecular complexity index is 280. The maximum Gasteiger partial charge on any atom is 0.00719 e. The highest BCUT2D eigenvalue weighted by molar-refractivity contribution is 7.99. The number of thioether (sulfide) groups is 1. The molecular weight excluding hydrogens is 214 g/mol. The van der Waals surface area contributed by atoms with E-state index in [4.69, 9.17) is 0 Å². The summed E-state index contributed by atoms with van der Waals surface area (Å²) in [5, 5.41) is 0. The molecule has 0 saturated carbocycles. The lowest BCUT2D eigenvalue weighted by atomic mass is 10.3. The Balaban J connectivity index is 1.52. The van der Waals surface area contributed by atoms with Crippen LogP contribution < -0.4 is 0 Å². The van der Waals surface area contributed by atoms with Gasteiger partial charge in [-0.3, -0.25) is 0 Å². The molecule has 1 heterocycles. The van der Waals surface area contributed by atoms with Crippen molar-refractivity contribution in [3.8, 4) is 0 Å². The summed E-state index contributed by atoms with van der Waals surface area (Å²) in [5.74, 6) is 1.26. The Morgan fingerprint density at radius 2 is 1.75 bits per heavy atom. The summed E-state index contributed by atoms with van der Waals surface area (Å²) >= 11 is 1.98. The van der Waals surface area contributed by atoms with Gasteiger partial charge in [0.15, 0.2) is 0 Å². The average molecular weight is 235 g/mol. The molecule has 2 heteroatoms. The van der Waals surface area contributed by atoms with Crippen molar-refractivity contribution in [2.75, 3.05) is 25.4 Å². The highest BCUT2D eigenvalue weighted by Gasteiger charge is 2.09. The number of hydrogen-bond acceptors (Lipinski definition) is 2. The highest BCUT2D eigenvalue weighted by Crippen LogP contribution is 2.18. The van der Waals surface area contributed by atoms with Gasteiger partial charge in [-0.25, -0.2) is 0 Å². The normalized spacial score (nSPS) is 16.8. The first-order valence-electron chi connectivity index (χ1n) is 6.35. The highest BCUT2D eigenvalue weighted by atomic mass is 32.2. The Morgan fingerprint density at radius 3 is 2.50 bits per heavy atom. The van der Waals surface area contributed by atoms with Gasteiger partial charge in [0.1, 0.15) is 0 Å². The maximum absolute atomic E-state index is 2.60. The summed E-state index contributed by atoms with van der Waals surface area (Å²) in [4.78, 5) is 4.01. The second-order valence-corrected chi connectivity index (χ2v) is 5.59. The molecule has 1 aromatic carbocycles. The fraction of sp³-hybridized carbons (Fsp3) is 0.571. The number of rotatable bonds is 6. The SMILES string of the molecule is c1ccc(SCCCCN2CCCC2)cc1. The fourth-order valence-corrected chi connectivity index (χ4v) is 3.08. The van der Waals surface area contributed by atoms with Crippen LogP contribution in [0.3, 0.4) is 0 Å². The lowest BCUT2D eigenvalue weighted by Crippen LogP contribution is -2.20. The molecular formula is C14H21NS. The first kappa shape index (κ1) is 12.0. The number of likely N-dealkylation sites (tertiary alicyclic amines) is 1. The smallest absolute Gasteiger partial charge is 0.00719 e. The van der Waals surface area contributed by atoms with E-state index in [0.717, 1.165) is 0 Å². The molecule has 1 saturated heterocycles. The molecule has 1 aliphatic heterocycles. The third-order valence-corrected chi connectivity index (χ3v) is 4.18. The average Bonchev–Trinajstić information content (AvgIpc) is 2.83. The molecule has 0 bridgehead atoms. The van der Waals surface area contributed by atoms with E-state index in [-0.39, 0.29) is 0 Å². The van der Waals surface area contributed by atoms with E-state index >= 15 is 0 Å². The van der Waals surface area contributed by atoms with Gasteiger partial charge < -0.3 is 4.90 Å². The summed E-state index contributed by atoms with van der Waals surface area (Å²) in [5.41, 5.74) is 0. The monoisotopic (exact) mass is 235 g/mol. The molecule has 1 nitrogen and oxygen atoms in total. The van der Waals surface area contributed by atoms with E-state index in [2.05, 4.69) is 35.2 Å². The van der Waals surface area contributed by atoms with E-state index in [1.807, 2.05) is 11.8 Å². The van der Waals surface area contributed by atoms with E-state index in [1.165, 1.54) is 56.0 Å². The minimum absolute atomic E-state index is 1.26. The minimum atomic E-state index is 1.26. The van der Waals surface area contributed by atoms with Crippen LogP contribution in [0.5, 0.6) is 0 Å². The number of unbranched alkanes of at least 4 members (excludes halogenated alkanes) is 1. The van der Waals surface area contributed by atoms with Crippen molar-refractivity contribution in [3.63, 3.8) is 0 Å². The lowest BCUT2D eigenvalue weighted by molar-refractivity contribution is 0.333. The van der Waals surface area contributed by atoms with Crippen molar-refractivity contribution in [2.45, 2.75) is 30.6 Å². The van der Waals surface area contributed by atoms with Gasteiger partial charge in [-0.1, -0.05) is 18.2 Å². The lowest BCUT2D eigenvalue weighted by Gasteiger charge is -2.13. The molecule has 0 aliphatic carbocycles. The topological polar surface area (TPSA) is 3.24 Å². The van der Waals surface area contributed by atoms with Gasteiger partial charge in [-0.05, 0) is 63.2 Å². The molecule has 0 spiro atoms. The summed E-state index contributed by atoms with van der Waals surface area (Å²) < 4.78 is 0. The second kappa shape index (κ2) is 6.97. The minimum Gasteiger partial charge on any atom is -0.303 e. The van der Waals surface area contributed by atoms with Crippen LogP contribution in [0.4, 0.5) is 0 Å². The van der Waals surface area contributed by atoms with Crippen LogP contribution in [0, 0.1) is 0 Å². The zero-order valence-corrected chi connectivity index (χ0v) is 10.7. The van der Waals surface area contributed by atoms with E-state index in [0.29, 0.717) is 0 Å². The summed E-state index contributed by atoms with van der Waals surface area (Å²) in [7, 11) is 0. The third-order valence-electron chi connectivity index (χ3n) is 3.08. The molecule has 1 aromatic rings. The van der Waals surface area contributed by atoms with Crippen molar-refractivity contribution in [2.24, 2.45) is 0 Å². The summed E-state index contributed by atoms with van der Waals surface area (Å²) in [6.07, 6.45) is 5.54. The van der Waals surface area contributed by atoms with Crippen LogP contribution in [0.15, 0.2) is 35.2 Å². The first-order valence-corrected chi connectivity index (χ1v) is 7.34. The second-order valence-electron chi connectivity index (χ2n) is 4.42. The standard InChI is InChI=1S/C14H21NS/c1-2-8-14(9-3-1)16-13-7-6-12-15-10-4-5-11-15/h1-3,8-9H,4-7,10-13H2. The summed E-state index contributed by atoms with van der Waals surface area (Å²) in [6.45, 7) is 3.99. The van der Waals surface area contributed by atoms with Crippen LogP contribution >= 0.6 is 11.8 Å². The number of hydrogen-bond donors (Lipinski definition) is 0. The first-order chi connectivity index (χ1) is 7.95. The van der Waals surface area contributed by atoms with Crippen molar-refractivity contribution >= 4 is 11.8 Å². The molecule has 0 atom stereocenters. The van der Waals surface area contributed by atoms with Crippen molar-refractivity contribution in [1.29, 1.82) is 0 Å². The zero-order chi connectivity index (χ0) is 11.1. The van der Waals surface area contributed by atoms with Gasteiger partial charge in [0, 0.05) is 4.90 Å². The van der Waals surface area contributed by atoms with E-state index < -0.39 is 0 Å². The number of benzene rings is 1. The molecule has 0 N–H and O–H groups in total. The van der Waals surface area contributed by atoms with Gasteiger partial charge in [0.2, 0.25) is 0 Å². The van der Waals surface area contributed by atoms with Crippen LogP contribution in [0.1, 0.15) is 25.7 Å². The van der Waals surface area contributed by atoms with E-state index in [9.17, 15) is 0 Å². The van der Waals surface area contributed by atoms with Crippen molar-refractivity contribution in [1.82, 2.24) is 4.90 Å². The van der Waals surface area contributed by atoms with Gasteiger partial charge in [-0.15, -0.1) is 11.8 Å².